The standard InChI is InChI=1S/C22H39F2O4/c1-3-4-9-13-21(2,28)15-16-22(20(23)24)14-12-18(25)17(22)10-7-5-6-8-11-19(26)27/h17-18,25,28H,3-16H2,1-2H3,(H,26,27)/t17-,18-,21?,22-/m0/s1. The van der Waals surface area contributed by atoms with Gasteiger partial charge in [-0.2, -0.15) is 8.78 Å². The molecule has 4 atom stereocenters. The number of aliphatic hydroxyl groups is 2. The lowest BCUT2D eigenvalue weighted by molar-refractivity contribution is -0.137. The number of aliphatic carboxylic acids is 1. The SMILES string of the molecule is CCCCCC(C)(O)CC[C@@]1([C](F)F)CC[C@H](O)[C@@H]1CCCCCCC(=O)O. The molecule has 0 aromatic rings. The summed E-state index contributed by atoms with van der Waals surface area (Å²) in [4.78, 5) is 10.5. The van der Waals surface area contributed by atoms with Crippen molar-refractivity contribution in [2.75, 3.05) is 0 Å². The number of rotatable bonds is 15. The Morgan fingerprint density at radius 1 is 1.11 bits per heavy atom. The van der Waals surface area contributed by atoms with Crippen molar-refractivity contribution < 1.29 is 28.9 Å². The smallest absolute Gasteiger partial charge is 0.316 e. The second-order valence-corrected chi connectivity index (χ2v) is 8.93. The third kappa shape index (κ3) is 7.94. The van der Waals surface area contributed by atoms with E-state index in [4.69, 9.17) is 5.11 Å². The number of carbonyl (C=O) groups is 1. The minimum absolute atomic E-state index is 0.135. The van der Waals surface area contributed by atoms with E-state index in [0.717, 1.165) is 32.1 Å². The van der Waals surface area contributed by atoms with Crippen LogP contribution in [0.5, 0.6) is 0 Å². The number of carboxylic acids is 1. The van der Waals surface area contributed by atoms with E-state index in [-0.39, 0.29) is 19.3 Å². The second kappa shape index (κ2) is 12.1. The van der Waals surface area contributed by atoms with Gasteiger partial charge in [0.1, 0.15) is 0 Å². The molecule has 0 aromatic heterocycles. The third-order valence-electron chi connectivity index (χ3n) is 6.52. The van der Waals surface area contributed by atoms with Crippen LogP contribution in [0.4, 0.5) is 8.78 Å². The van der Waals surface area contributed by atoms with Gasteiger partial charge in [0.15, 0.2) is 0 Å². The number of halogens is 2. The van der Waals surface area contributed by atoms with Gasteiger partial charge in [-0.25, -0.2) is 0 Å². The van der Waals surface area contributed by atoms with Gasteiger partial charge in [-0.1, -0.05) is 45.4 Å². The molecule has 1 aliphatic rings. The zero-order valence-corrected chi connectivity index (χ0v) is 17.6. The fraction of sp³-hybridized carbons (Fsp3) is 0.909. The minimum Gasteiger partial charge on any atom is -0.481 e. The first-order chi connectivity index (χ1) is 13.1. The number of hydrogen-bond donors (Lipinski definition) is 3. The highest BCUT2D eigenvalue weighted by Crippen LogP contribution is 2.56. The van der Waals surface area contributed by atoms with E-state index in [1.165, 1.54) is 0 Å². The van der Waals surface area contributed by atoms with Crippen LogP contribution in [0.2, 0.25) is 0 Å². The fourth-order valence-electron chi connectivity index (χ4n) is 4.64. The maximum absolute atomic E-state index is 14.1. The van der Waals surface area contributed by atoms with Gasteiger partial charge in [0.2, 0.25) is 0 Å². The summed E-state index contributed by atoms with van der Waals surface area (Å²) < 4.78 is 28.2. The van der Waals surface area contributed by atoms with Crippen molar-refractivity contribution in [2.45, 2.75) is 115 Å². The van der Waals surface area contributed by atoms with E-state index < -0.39 is 35.4 Å². The average Bonchev–Trinajstić information content (AvgIpc) is 2.93. The highest BCUT2D eigenvalue weighted by Gasteiger charge is 2.54. The molecule has 0 bridgehead atoms. The lowest BCUT2D eigenvalue weighted by Gasteiger charge is -2.37. The third-order valence-corrected chi connectivity index (χ3v) is 6.52. The summed E-state index contributed by atoms with van der Waals surface area (Å²) in [5, 5.41) is 29.6. The molecule has 1 rings (SSSR count). The summed E-state index contributed by atoms with van der Waals surface area (Å²) in [6, 6.07) is 0. The molecule has 0 heterocycles. The highest BCUT2D eigenvalue weighted by atomic mass is 19.3. The van der Waals surface area contributed by atoms with Crippen LogP contribution in [0.15, 0.2) is 0 Å². The van der Waals surface area contributed by atoms with Crippen LogP contribution in [0.1, 0.15) is 104 Å². The van der Waals surface area contributed by atoms with Gasteiger partial charge in [-0.3, -0.25) is 4.79 Å². The van der Waals surface area contributed by atoms with Crippen molar-refractivity contribution >= 4 is 5.97 Å². The summed E-state index contributed by atoms with van der Waals surface area (Å²) in [6.07, 6.45) is 5.90. The van der Waals surface area contributed by atoms with Crippen molar-refractivity contribution in [1.29, 1.82) is 0 Å². The average molecular weight is 406 g/mol. The van der Waals surface area contributed by atoms with E-state index in [1.54, 1.807) is 6.92 Å². The molecule has 0 aliphatic heterocycles. The maximum atomic E-state index is 14.1. The van der Waals surface area contributed by atoms with E-state index in [2.05, 4.69) is 6.92 Å². The predicted octanol–water partition coefficient (Wildman–Crippen LogP) is 5.71. The van der Waals surface area contributed by atoms with Gasteiger partial charge in [0.25, 0.3) is 0 Å². The molecule has 0 amide bonds. The van der Waals surface area contributed by atoms with Crippen LogP contribution in [-0.2, 0) is 4.79 Å². The van der Waals surface area contributed by atoms with Crippen molar-refractivity contribution in [3.8, 4) is 0 Å². The first-order valence-electron chi connectivity index (χ1n) is 11.0. The molecule has 0 spiro atoms. The Kier molecular flexibility index (Phi) is 10.9. The van der Waals surface area contributed by atoms with Crippen LogP contribution >= 0.6 is 0 Å². The molecular formula is C22H39F2O4. The summed E-state index contributed by atoms with van der Waals surface area (Å²) in [6.45, 7) is 3.82. The molecule has 4 nitrogen and oxygen atoms in total. The molecule has 1 fully saturated rings. The quantitative estimate of drug-likeness (QED) is 0.305. The highest BCUT2D eigenvalue weighted by molar-refractivity contribution is 5.66. The summed E-state index contributed by atoms with van der Waals surface area (Å²) in [5.74, 6) is -1.30. The Hall–Kier alpha value is -0.750. The van der Waals surface area contributed by atoms with Gasteiger partial charge in [-0.05, 0) is 57.8 Å². The molecule has 6 heteroatoms. The lowest BCUT2D eigenvalue weighted by atomic mass is 9.70. The first-order valence-corrected chi connectivity index (χ1v) is 11.0. The number of carboxylic acid groups (broad SMARTS) is 1. The van der Waals surface area contributed by atoms with Gasteiger partial charge in [-0.15, -0.1) is 0 Å². The van der Waals surface area contributed by atoms with Gasteiger partial charge in [0, 0.05) is 11.8 Å². The Morgan fingerprint density at radius 2 is 1.79 bits per heavy atom. The number of hydrogen-bond acceptors (Lipinski definition) is 3. The summed E-state index contributed by atoms with van der Waals surface area (Å²) in [7, 11) is 0. The maximum Gasteiger partial charge on any atom is 0.316 e. The van der Waals surface area contributed by atoms with Gasteiger partial charge < -0.3 is 15.3 Å². The van der Waals surface area contributed by atoms with Gasteiger partial charge >= 0.3 is 12.4 Å². The molecule has 1 saturated carbocycles. The van der Waals surface area contributed by atoms with Crippen LogP contribution < -0.4 is 0 Å². The van der Waals surface area contributed by atoms with Crippen molar-refractivity contribution in [1.82, 2.24) is 0 Å². The molecular weight excluding hydrogens is 366 g/mol. The van der Waals surface area contributed by atoms with Crippen LogP contribution in [0.25, 0.3) is 0 Å². The van der Waals surface area contributed by atoms with Crippen LogP contribution in [-0.4, -0.2) is 33.0 Å². The second-order valence-electron chi connectivity index (χ2n) is 8.93. The first kappa shape index (κ1) is 25.3. The Labute approximate surface area is 168 Å². The number of aliphatic hydroxyl groups excluding tert-OH is 1. The zero-order chi connectivity index (χ0) is 21.2. The Bertz CT molecular complexity index is 456. The van der Waals surface area contributed by atoms with Gasteiger partial charge in [0.05, 0.1) is 11.7 Å². The van der Waals surface area contributed by atoms with E-state index in [0.29, 0.717) is 38.5 Å². The normalized spacial score (nSPS) is 27.2. The van der Waals surface area contributed by atoms with Crippen molar-refractivity contribution in [3.63, 3.8) is 0 Å². The lowest BCUT2D eigenvalue weighted by Crippen LogP contribution is -2.36. The molecule has 0 saturated heterocycles. The number of unbranched alkanes of at least 4 members (excludes halogenated alkanes) is 5. The molecule has 3 N–H and O–H groups in total. The largest absolute Gasteiger partial charge is 0.481 e. The topological polar surface area (TPSA) is 77.8 Å². The Balaban J connectivity index is 2.61. The fourth-order valence-corrected chi connectivity index (χ4v) is 4.64. The molecule has 165 valence electrons. The summed E-state index contributed by atoms with van der Waals surface area (Å²) >= 11 is 0. The van der Waals surface area contributed by atoms with Crippen molar-refractivity contribution in [2.24, 2.45) is 11.3 Å². The molecule has 1 unspecified atom stereocenters. The van der Waals surface area contributed by atoms with Crippen LogP contribution in [0.3, 0.4) is 0 Å². The molecule has 0 aromatic carbocycles. The predicted molar refractivity (Wildman–Crippen MR) is 106 cm³/mol. The molecule has 1 radical (unpaired) electrons. The van der Waals surface area contributed by atoms with Crippen molar-refractivity contribution in [3.05, 3.63) is 6.43 Å². The monoisotopic (exact) mass is 405 g/mol. The van der Waals surface area contributed by atoms with E-state index in [9.17, 15) is 23.8 Å². The molecule has 1 aliphatic carbocycles. The Morgan fingerprint density at radius 3 is 2.39 bits per heavy atom. The van der Waals surface area contributed by atoms with E-state index in [1.807, 2.05) is 0 Å². The molecule has 28 heavy (non-hydrogen) atoms. The van der Waals surface area contributed by atoms with Crippen LogP contribution in [0, 0.1) is 17.8 Å². The zero-order valence-electron chi connectivity index (χ0n) is 17.6. The summed E-state index contributed by atoms with van der Waals surface area (Å²) in [5.41, 5.74) is -2.25. The minimum atomic E-state index is -1.61. The van der Waals surface area contributed by atoms with E-state index >= 15 is 0 Å².